The van der Waals surface area contributed by atoms with Crippen LogP contribution in [0.2, 0.25) is 0 Å². The van der Waals surface area contributed by atoms with Gasteiger partial charge in [0.05, 0.1) is 17.8 Å². The summed E-state index contributed by atoms with van der Waals surface area (Å²) in [6.45, 7) is 2.45. The summed E-state index contributed by atoms with van der Waals surface area (Å²) >= 11 is 0. The van der Waals surface area contributed by atoms with Crippen molar-refractivity contribution in [3.05, 3.63) is 65.6 Å². The summed E-state index contributed by atoms with van der Waals surface area (Å²) < 4.78 is 0. The van der Waals surface area contributed by atoms with Gasteiger partial charge in [0.25, 0.3) is 5.91 Å². The maximum Gasteiger partial charge on any atom is 0.256 e. The standard InChI is InChI=1S/C17H17N3O/c1-12-6-5-7-13(19-12)11-20(2)17(21)15-10-18-16-9-4-3-8-14(15)16/h3-10,18H,11H2,1-2H3. The first-order valence-electron chi connectivity index (χ1n) is 6.89. The minimum Gasteiger partial charge on any atom is -0.360 e. The SMILES string of the molecule is Cc1cccc(CN(C)C(=O)c2c[nH]c3ccccc23)n1. The van der Waals surface area contributed by atoms with E-state index in [9.17, 15) is 4.79 Å². The highest BCUT2D eigenvalue weighted by Gasteiger charge is 2.16. The van der Waals surface area contributed by atoms with Crippen molar-refractivity contribution in [2.75, 3.05) is 7.05 Å². The third-order valence-electron chi connectivity index (χ3n) is 3.51. The first-order valence-corrected chi connectivity index (χ1v) is 6.89. The monoisotopic (exact) mass is 279 g/mol. The van der Waals surface area contributed by atoms with Crippen LogP contribution >= 0.6 is 0 Å². The van der Waals surface area contributed by atoms with Gasteiger partial charge in [-0.3, -0.25) is 9.78 Å². The predicted molar refractivity (Wildman–Crippen MR) is 83.1 cm³/mol. The Morgan fingerprint density at radius 3 is 2.81 bits per heavy atom. The van der Waals surface area contributed by atoms with E-state index in [0.29, 0.717) is 12.1 Å². The van der Waals surface area contributed by atoms with Gasteiger partial charge in [-0.15, -0.1) is 0 Å². The molecule has 2 heterocycles. The number of rotatable bonds is 3. The lowest BCUT2D eigenvalue weighted by atomic mass is 10.1. The topological polar surface area (TPSA) is 49.0 Å². The van der Waals surface area contributed by atoms with Crippen LogP contribution in [0, 0.1) is 6.92 Å². The molecular formula is C17H17N3O. The van der Waals surface area contributed by atoms with E-state index in [2.05, 4.69) is 9.97 Å². The molecule has 0 bridgehead atoms. The zero-order valence-electron chi connectivity index (χ0n) is 12.1. The molecule has 0 aliphatic carbocycles. The summed E-state index contributed by atoms with van der Waals surface area (Å²) in [6.07, 6.45) is 1.77. The zero-order valence-corrected chi connectivity index (χ0v) is 12.1. The van der Waals surface area contributed by atoms with Gasteiger partial charge in [0, 0.05) is 29.8 Å². The second-order valence-corrected chi connectivity index (χ2v) is 5.18. The van der Waals surface area contributed by atoms with E-state index in [4.69, 9.17) is 0 Å². The number of aromatic nitrogens is 2. The molecule has 3 rings (SSSR count). The normalized spacial score (nSPS) is 10.8. The molecule has 0 unspecified atom stereocenters. The summed E-state index contributed by atoms with van der Waals surface area (Å²) in [7, 11) is 1.80. The van der Waals surface area contributed by atoms with Crippen molar-refractivity contribution in [2.45, 2.75) is 13.5 Å². The van der Waals surface area contributed by atoms with Gasteiger partial charge in [0.1, 0.15) is 0 Å². The number of carbonyl (C=O) groups excluding carboxylic acids is 1. The fourth-order valence-corrected chi connectivity index (χ4v) is 2.46. The van der Waals surface area contributed by atoms with E-state index < -0.39 is 0 Å². The van der Waals surface area contributed by atoms with Gasteiger partial charge >= 0.3 is 0 Å². The highest BCUT2D eigenvalue weighted by atomic mass is 16.2. The molecule has 1 aromatic carbocycles. The summed E-state index contributed by atoms with van der Waals surface area (Å²) in [5, 5.41) is 0.951. The van der Waals surface area contributed by atoms with Crippen molar-refractivity contribution in [3.63, 3.8) is 0 Å². The third-order valence-corrected chi connectivity index (χ3v) is 3.51. The largest absolute Gasteiger partial charge is 0.360 e. The predicted octanol–water partition coefficient (Wildman–Crippen LogP) is 3.14. The van der Waals surface area contributed by atoms with Crippen molar-refractivity contribution < 1.29 is 4.79 Å². The maximum atomic E-state index is 12.6. The average Bonchev–Trinajstić information content (AvgIpc) is 2.90. The number of pyridine rings is 1. The Kier molecular flexibility index (Phi) is 3.44. The molecule has 0 spiro atoms. The van der Waals surface area contributed by atoms with Crippen LogP contribution in [0.4, 0.5) is 0 Å². The van der Waals surface area contributed by atoms with Crippen LogP contribution in [0.1, 0.15) is 21.7 Å². The van der Waals surface area contributed by atoms with E-state index in [1.165, 1.54) is 0 Å². The number of fused-ring (bicyclic) bond motifs is 1. The number of nitrogens with zero attached hydrogens (tertiary/aromatic N) is 2. The molecule has 0 aliphatic rings. The van der Waals surface area contributed by atoms with Crippen LogP contribution in [0.5, 0.6) is 0 Å². The highest BCUT2D eigenvalue weighted by Crippen LogP contribution is 2.19. The molecule has 1 amide bonds. The second kappa shape index (κ2) is 5.40. The van der Waals surface area contributed by atoms with E-state index in [1.807, 2.05) is 49.4 Å². The number of benzene rings is 1. The fourth-order valence-electron chi connectivity index (χ4n) is 2.46. The number of amides is 1. The van der Waals surface area contributed by atoms with Gasteiger partial charge in [-0.2, -0.15) is 0 Å². The molecule has 3 aromatic rings. The number of H-pyrrole nitrogens is 1. The van der Waals surface area contributed by atoms with Crippen molar-refractivity contribution >= 4 is 16.8 Å². The van der Waals surface area contributed by atoms with Crippen LogP contribution in [0.15, 0.2) is 48.7 Å². The first-order chi connectivity index (χ1) is 10.1. The Bertz CT molecular complexity index is 791. The van der Waals surface area contributed by atoms with Gasteiger partial charge in [-0.05, 0) is 25.1 Å². The van der Waals surface area contributed by atoms with Crippen molar-refractivity contribution in [1.29, 1.82) is 0 Å². The lowest BCUT2D eigenvalue weighted by molar-refractivity contribution is 0.0785. The van der Waals surface area contributed by atoms with Crippen molar-refractivity contribution in [2.24, 2.45) is 0 Å². The van der Waals surface area contributed by atoms with Crippen molar-refractivity contribution in [1.82, 2.24) is 14.9 Å². The molecule has 4 heteroatoms. The Morgan fingerprint density at radius 2 is 2.00 bits per heavy atom. The van der Waals surface area contributed by atoms with Gasteiger partial charge in [0.2, 0.25) is 0 Å². The first kappa shape index (κ1) is 13.4. The molecule has 0 atom stereocenters. The molecule has 2 aromatic heterocycles. The Balaban J connectivity index is 1.84. The van der Waals surface area contributed by atoms with E-state index in [-0.39, 0.29) is 5.91 Å². The molecule has 0 radical (unpaired) electrons. The molecular weight excluding hydrogens is 262 g/mol. The minimum absolute atomic E-state index is 0.00393. The number of hydrogen-bond acceptors (Lipinski definition) is 2. The molecule has 106 valence electrons. The number of nitrogens with one attached hydrogen (secondary N) is 1. The van der Waals surface area contributed by atoms with Gasteiger partial charge in [-0.1, -0.05) is 24.3 Å². The molecule has 1 N–H and O–H groups in total. The Morgan fingerprint density at radius 1 is 1.19 bits per heavy atom. The van der Waals surface area contributed by atoms with E-state index >= 15 is 0 Å². The number of hydrogen-bond donors (Lipinski definition) is 1. The molecule has 0 aliphatic heterocycles. The second-order valence-electron chi connectivity index (χ2n) is 5.18. The van der Waals surface area contributed by atoms with E-state index in [0.717, 1.165) is 22.3 Å². The van der Waals surface area contributed by atoms with E-state index in [1.54, 1.807) is 18.1 Å². The van der Waals surface area contributed by atoms with Gasteiger partial charge < -0.3 is 9.88 Å². The lowest BCUT2D eigenvalue weighted by Crippen LogP contribution is -2.26. The third kappa shape index (κ3) is 2.65. The lowest BCUT2D eigenvalue weighted by Gasteiger charge is -2.16. The summed E-state index contributed by atoms with van der Waals surface area (Å²) in [6, 6.07) is 13.7. The van der Waals surface area contributed by atoms with Crippen LogP contribution in [0.3, 0.4) is 0 Å². The highest BCUT2D eigenvalue weighted by molar-refractivity contribution is 6.06. The van der Waals surface area contributed by atoms with Gasteiger partial charge in [-0.25, -0.2) is 0 Å². The summed E-state index contributed by atoms with van der Waals surface area (Å²) in [5.74, 6) is -0.00393. The molecule has 0 saturated heterocycles. The van der Waals surface area contributed by atoms with Gasteiger partial charge in [0.15, 0.2) is 0 Å². The van der Waals surface area contributed by atoms with Crippen molar-refractivity contribution in [3.8, 4) is 0 Å². The number of aryl methyl sites for hydroxylation is 1. The summed E-state index contributed by atoms with van der Waals surface area (Å²) in [5.41, 5.74) is 3.52. The average molecular weight is 279 g/mol. The molecule has 0 fully saturated rings. The molecule has 21 heavy (non-hydrogen) atoms. The number of para-hydroxylation sites is 1. The quantitative estimate of drug-likeness (QED) is 0.800. The zero-order chi connectivity index (χ0) is 14.8. The minimum atomic E-state index is -0.00393. The summed E-state index contributed by atoms with van der Waals surface area (Å²) in [4.78, 5) is 21.9. The number of carbonyl (C=O) groups is 1. The Hall–Kier alpha value is -2.62. The Labute approximate surface area is 123 Å². The van der Waals surface area contributed by atoms with Crippen LogP contribution in [0.25, 0.3) is 10.9 Å². The maximum absolute atomic E-state index is 12.6. The molecule has 0 saturated carbocycles. The smallest absolute Gasteiger partial charge is 0.256 e. The fraction of sp³-hybridized carbons (Fsp3) is 0.176. The van der Waals surface area contributed by atoms with Crippen LogP contribution < -0.4 is 0 Å². The van der Waals surface area contributed by atoms with Crippen LogP contribution in [-0.4, -0.2) is 27.8 Å². The molecule has 4 nitrogen and oxygen atoms in total. The van der Waals surface area contributed by atoms with Crippen LogP contribution in [-0.2, 0) is 6.54 Å². The number of aromatic amines is 1.